The summed E-state index contributed by atoms with van der Waals surface area (Å²) < 4.78 is 85.0. The van der Waals surface area contributed by atoms with E-state index in [-0.39, 0.29) is 12.1 Å². The molecule has 2 heterocycles. The molecule has 1 saturated carbocycles. The van der Waals surface area contributed by atoms with E-state index < -0.39 is 29.1 Å². The Morgan fingerprint density at radius 1 is 1.02 bits per heavy atom. The maximum atomic E-state index is 13.3. The van der Waals surface area contributed by atoms with Crippen LogP contribution < -0.4 is 15.0 Å². The van der Waals surface area contributed by atoms with Gasteiger partial charge in [0.05, 0.1) is 28.9 Å². The number of nitrogens with one attached hydrogen (secondary N) is 1. The fourth-order valence-corrected chi connectivity index (χ4v) is 5.23. The molecule has 2 aromatic rings. The molecule has 0 spiro atoms. The van der Waals surface area contributed by atoms with Gasteiger partial charge in [0.15, 0.2) is 0 Å². The summed E-state index contributed by atoms with van der Waals surface area (Å²) >= 11 is 0. The Kier molecular flexibility index (Phi) is 9.94. The number of nitriles is 1. The predicted octanol–water partition coefficient (Wildman–Crippen LogP) is 7.47. The number of rotatable bonds is 8. The number of ether oxygens (including phenoxy) is 1. The molecule has 0 atom stereocenters. The van der Waals surface area contributed by atoms with Gasteiger partial charge in [-0.2, -0.15) is 31.6 Å². The number of benzene rings is 1. The molecule has 0 radical (unpaired) electrons. The van der Waals surface area contributed by atoms with Gasteiger partial charge in [0.25, 0.3) is 0 Å². The number of alkyl halides is 6. The minimum atomic E-state index is -4.60. The summed E-state index contributed by atoms with van der Waals surface area (Å²) in [6.07, 6.45) is -1.08. The van der Waals surface area contributed by atoms with Gasteiger partial charge < -0.3 is 19.9 Å². The molecule has 230 valence electrons. The van der Waals surface area contributed by atoms with Gasteiger partial charge in [-0.05, 0) is 69.0 Å². The van der Waals surface area contributed by atoms with E-state index in [1.165, 1.54) is 25.1 Å². The molecule has 0 bridgehead atoms. The number of allylic oxidation sites excluding steroid dienone is 4. The fourth-order valence-electron chi connectivity index (χ4n) is 5.23. The van der Waals surface area contributed by atoms with E-state index in [0.717, 1.165) is 36.9 Å². The van der Waals surface area contributed by atoms with Gasteiger partial charge in [-0.3, -0.25) is 0 Å². The van der Waals surface area contributed by atoms with Crippen molar-refractivity contribution in [1.29, 1.82) is 5.26 Å². The maximum Gasteiger partial charge on any atom is 0.417 e. The lowest BCUT2D eigenvalue weighted by atomic mass is 9.92. The van der Waals surface area contributed by atoms with E-state index in [0.29, 0.717) is 56.2 Å². The second kappa shape index (κ2) is 13.4. The SMILES string of the molecule is C=C(/C=C\C(=C/C)C(F)(F)F)N1CCN(c2cc(O[C@H]3CC[C@H](Nc4ccc(C#N)c(C(F)(F)F)c4)CC3)ccn2)CC1. The molecule has 2 fully saturated rings. The molecule has 1 aliphatic heterocycles. The topological polar surface area (TPSA) is 64.4 Å². The van der Waals surface area contributed by atoms with Crippen molar-refractivity contribution in [1.82, 2.24) is 9.88 Å². The van der Waals surface area contributed by atoms with Crippen molar-refractivity contribution in [2.75, 3.05) is 36.4 Å². The van der Waals surface area contributed by atoms with E-state index in [9.17, 15) is 26.3 Å². The Morgan fingerprint density at radius 2 is 1.72 bits per heavy atom. The highest BCUT2D eigenvalue weighted by atomic mass is 19.4. The molecule has 1 saturated heterocycles. The van der Waals surface area contributed by atoms with Crippen LogP contribution in [0.3, 0.4) is 0 Å². The van der Waals surface area contributed by atoms with E-state index in [1.54, 1.807) is 18.3 Å². The molecule has 0 unspecified atom stereocenters. The number of hydrogen-bond donors (Lipinski definition) is 1. The summed E-state index contributed by atoms with van der Waals surface area (Å²) in [7, 11) is 0. The maximum absolute atomic E-state index is 13.3. The van der Waals surface area contributed by atoms with Crippen LogP contribution in [0.25, 0.3) is 0 Å². The Hall–Kier alpha value is -4.14. The Labute approximate surface area is 246 Å². The zero-order valence-electron chi connectivity index (χ0n) is 23.7. The first-order chi connectivity index (χ1) is 20.4. The Morgan fingerprint density at radius 3 is 2.33 bits per heavy atom. The first-order valence-corrected chi connectivity index (χ1v) is 14.0. The lowest BCUT2D eigenvalue weighted by molar-refractivity contribution is -0.137. The molecule has 43 heavy (non-hydrogen) atoms. The van der Waals surface area contributed by atoms with Gasteiger partial charge in [0, 0.05) is 55.9 Å². The third kappa shape index (κ3) is 8.46. The van der Waals surface area contributed by atoms with Crippen LogP contribution in [-0.2, 0) is 6.18 Å². The molecule has 6 nitrogen and oxygen atoms in total. The van der Waals surface area contributed by atoms with Crippen LogP contribution in [-0.4, -0.2) is 54.4 Å². The van der Waals surface area contributed by atoms with Crippen LogP contribution >= 0.6 is 0 Å². The number of pyridine rings is 1. The molecule has 1 aromatic heterocycles. The van der Waals surface area contributed by atoms with E-state index in [1.807, 2.05) is 11.0 Å². The van der Waals surface area contributed by atoms with Crippen molar-refractivity contribution in [2.45, 2.75) is 57.1 Å². The van der Waals surface area contributed by atoms with E-state index in [4.69, 9.17) is 10.00 Å². The van der Waals surface area contributed by atoms with Crippen LogP contribution in [0.2, 0.25) is 0 Å². The van der Waals surface area contributed by atoms with Crippen molar-refractivity contribution < 1.29 is 31.1 Å². The zero-order valence-corrected chi connectivity index (χ0v) is 23.7. The van der Waals surface area contributed by atoms with Gasteiger partial charge in [0.1, 0.15) is 11.6 Å². The van der Waals surface area contributed by atoms with Crippen LogP contribution in [0.4, 0.5) is 37.8 Å². The van der Waals surface area contributed by atoms with Crippen LogP contribution in [0.1, 0.15) is 43.7 Å². The average Bonchev–Trinajstić information content (AvgIpc) is 2.97. The molecule has 1 aliphatic carbocycles. The highest BCUT2D eigenvalue weighted by molar-refractivity contribution is 5.53. The molecular formula is C31H33F6N5O. The van der Waals surface area contributed by atoms with E-state index >= 15 is 0 Å². The number of anilines is 2. The second-order valence-corrected chi connectivity index (χ2v) is 10.5. The summed E-state index contributed by atoms with van der Waals surface area (Å²) in [5.41, 5.74) is -1.22. The predicted molar refractivity (Wildman–Crippen MR) is 153 cm³/mol. The molecule has 12 heteroatoms. The lowest BCUT2D eigenvalue weighted by Crippen LogP contribution is -2.45. The number of piperazine rings is 1. The van der Waals surface area contributed by atoms with Gasteiger partial charge in [0.2, 0.25) is 0 Å². The minimum absolute atomic E-state index is 0.0131. The smallest absolute Gasteiger partial charge is 0.417 e. The van der Waals surface area contributed by atoms with Crippen molar-refractivity contribution in [3.8, 4) is 11.8 Å². The summed E-state index contributed by atoms with van der Waals surface area (Å²) in [5, 5.41) is 12.2. The van der Waals surface area contributed by atoms with E-state index in [2.05, 4.69) is 21.8 Å². The first kappa shape index (κ1) is 31.8. The highest BCUT2D eigenvalue weighted by Crippen LogP contribution is 2.35. The van der Waals surface area contributed by atoms with Crippen molar-refractivity contribution in [3.05, 3.63) is 83.7 Å². The third-order valence-electron chi connectivity index (χ3n) is 7.61. The van der Waals surface area contributed by atoms with Crippen molar-refractivity contribution in [2.24, 2.45) is 0 Å². The third-order valence-corrected chi connectivity index (χ3v) is 7.61. The monoisotopic (exact) mass is 605 g/mol. The summed E-state index contributed by atoms with van der Waals surface area (Å²) in [6, 6.07) is 8.90. The van der Waals surface area contributed by atoms with Crippen LogP contribution in [0.5, 0.6) is 5.75 Å². The van der Waals surface area contributed by atoms with Gasteiger partial charge in [-0.1, -0.05) is 12.7 Å². The fraction of sp³-hybridized carbons (Fsp3) is 0.419. The van der Waals surface area contributed by atoms with Crippen LogP contribution in [0, 0.1) is 11.3 Å². The molecule has 4 rings (SSSR count). The number of halogens is 6. The summed E-state index contributed by atoms with van der Waals surface area (Å²) in [5.74, 6) is 1.41. The zero-order chi connectivity index (χ0) is 31.2. The largest absolute Gasteiger partial charge is 0.490 e. The highest BCUT2D eigenvalue weighted by Gasteiger charge is 2.34. The summed E-state index contributed by atoms with van der Waals surface area (Å²) in [6.45, 7) is 7.65. The average molecular weight is 606 g/mol. The van der Waals surface area contributed by atoms with Gasteiger partial charge in [-0.25, -0.2) is 4.98 Å². The van der Waals surface area contributed by atoms with Crippen molar-refractivity contribution >= 4 is 11.5 Å². The molecule has 1 N–H and O–H groups in total. The molecule has 2 aliphatic rings. The quantitative estimate of drug-likeness (QED) is 0.249. The van der Waals surface area contributed by atoms with Gasteiger partial charge >= 0.3 is 12.4 Å². The van der Waals surface area contributed by atoms with Crippen LogP contribution in [0.15, 0.2) is 72.6 Å². The number of hydrogen-bond acceptors (Lipinski definition) is 6. The Bertz CT molecular complexity index is 1380. The Balaban J connectivity index is 1.26. The normalized spacial score (nSPS) is 20.2. The minimum Gasteiger partial charge on any atom is -0.490 e. The number of aromatic nitrogens is 1. The summed E-state index contributed by atoms with van der Waals surface area (Å²) in [4.78, 5) is 8.49. The van der Waals surface area contributed by atoms with Gasteiger partial charge in [-0.15, -0.1) is 0 Å². The van der Waals surface area contributed by atoms with Crippen molar-refractivity contribution in [3.63, 3.8) is 0 Å². The molecule has 0 amide bonds. The molecule has 1 aromatic carbocycles. The second-order valence-electron chi connectivity index (χ2n) is 10.5. The molecular weight excluding hydrogens is 572 g/mol. The lowest BCUT2D eigenvalue weighted by Gasteiger charge is -2.37. The number of nitrogens with zero attached hydrogens (tertiary/aromatic N) is 4. The first-order valence-electron chi connectivity index (χ1n) is 14.0. The standard InChI is InChI=1S/C31H33F6N5O/c1-3-23(30(32,33)34)6-4-21(2)41-14-16-42(17-15-41)29-19-27(12-13-39-29)43-26-10-8-24(9-11-26)40-25-7-5-22(20-38)28(18-25)31(35,36)37/h3-7,12-13,18-19,24,26,40H,2,8-11,14-17H2,1H3/b6-4-,23-3+/t24-,26-.